The van der Waals surface area contributed by atoms with Crippen LogP contribution >= 0.6 is 0 Å². The molecule has 1 N–H and O–H groups in total. The Morgan fingerprint density at radius 1 is 1.06 bits per heavy atom. The average molecular weight is 465 g/mol. The first kappa shape index (κ1) is 23.5. The van der Waals surface area contributed by atoms with Gasteiger partial charge in [-0.2, -0.15) is 0 Å². The van der Waals surface area contributed by atoms with Gasteiger partial charge in [0.25, 0.3) is 0 Å². The third kappa shape index (κ3) is 6.02. The number of rotatable bonds is 9. The number of benzene rings is 2. The van der Waals surface area contributed by atoms with Crippen LogP contribution in [0, 0.1) is 13.8 Å². The molecule has 3 aromatic rings. The number of hydrogen-bond acceptors (Lipinski definition) is 6. The summed E-state index contributed by atoms with van der Waals surface area (Å²) in [7, 11) is 0. The van der Waals surface area contributed by atoms with Gasteiger partial charge in [0.15, 0.2) is 0 Å². The van der Waals surface area contributed by atoms with E-state index in [2.05, 4.69) is 17.3 Å². The number of amides is 1. The highest BCUT2D eigenvalue weighted by molar-refractivity contribution is 5.85. The lowest BCUT2D eigenvalue weighted by Crippen LogP contribution is -2.41. The van der Waals surface area contributed by atoms with Gasteiger partial charge in [0.2, 0.25) is 5.91 Å². The number of likely N-dealkylation sites (tertiary alicyclic amines) is 1. The molecule has 1 aliphatic rings. The normalized spacial score (nSPS) is 17.6. The maximum atomic E-state index is 12.7. The lowest BCUT2D eigenvalue weighted by Gasteiger charge is -2.20. The second-order valence-corrected chi connectivity index (χ2v) is 8.60. The van der Waals surface area contributed by atoms with Gasteiger partial charge >= 0.3 is 5.97 Å². The first-order valence-corrected chi connectivity index (χ1v) is 11.2. The van der Waals surface area contributed by atoms with Crippen LogP contribution in [0.25, 0.3) is 0 Å². The van der Waals surface area contributed by atoms with E-state index in [1.165, 1.54) is 10.5 Å². The summed E-state index contributed by atoms with van der Waals surface area (Å²) >= 11 is 0. The van der Waals surface area contributed by atoms with Crippen molar-refractivity contribution in [1.82, 2.24) is 10.1 Å². The lowest BCUT2D eigenvalue weighted by molar-refractivity contribution is -0.148. The third-order valence-corrected chi connectivity index (χ3v) is 5.81. The SMILES string of the molecule is Cc1ccc(COc2ccc(CO[C@@H]3C[C@@H](C(=O)O)N(C(=O)Cc4cc(C)no4)C3)cc2)cc1. The molecule has 8 heteroatoms. The minimum Gasteiger partial charge on any atom is -0.489 e. The standard InChI is InChI=1S/C26H28N2O6/c1-17-3-5-19(6-4-17)15-32-21-9-7-20(8-10-21)16-33-23-12-24(26(30)31)28(14-23)25(29)13-22-11-18(2)27-34-22/h3-11,23-24H,12-16H2,1-2H3,(H,30,31)/t23-,24+/m1/s1. The van der Waals surface area contributed by atoms with E-state index in [-0.39, 0.29) is 31.4 Å². The van der Waals surface area contributed by atoms with Gasteiger partial charge < -0.3 is 24.0 Å². The number of aromatic nitrogens is 1. The van der Waals surface area contributed by atoms with E-state index < -0.39 is 12.0 Å². The third-order valence-electron chi connectivity index (χ3n) is 5.81. The molecular formula is C26H28N2O6. The van der Waals surface area contributed by atoms with Gasteiger partial charge in [0.05, 0.1) is 24.8 Å². The summed E-state index contributed by atoms with van der Waals surface area (Å²) in [5, 5.41) is 13.4. The number of carboxylic acids is 1. The van der Waals surface area contributed by atoms with Crippen molar-refractivity contribution in [2.45, 2.75) is 52.0 Å². The van der Waals surface area contributed by atoms with Crippen LogP contribution in [0.1, 0.15) is 34.6 Å². The zero-order valence-electron chi connectivity index (χ0n) is 19.3. The highest BCUT2D eigenvalue weighted by atomic mass is 16.5. The van der Waals surface area contributed by atoms with Crippen LogP contribution in [-0.4, -0.2) is 45.7 Å². The fraction of sp³-hybridized carbons (Fsp3) is 0.346. The molecule has 0 aliphatic carbocycles. The van der Waals surface area contributed by atoms with Crippen LogP contribution in [0.15, 0.2) is 59.1 Å². The Morgan fingerprint density at radius 3 is 2.38 bits per heavy atom. The minimum atomic E-state index is -1.04. The molecule has 2 aromatic carbocycles. The molecule has 0 spiro atoms. The van der Waals surface area contributed by atoms with Crippen molar-refractivity contribution >= 4 is 11.9 Å². The Balaban J connectivity index is 1.28. The summed E-state index contributed by atoms with van der Waals surface area (Å²) in [4.78, 5) is 25.7. The molecular weight excluding hydrogens is 436 g/mol. The lowest BCUT2D eigenvalue weighted by atomic mass is 10.2. The van der Waals surface area contributed by atoms with Gasteiger partial charge in [0, 0.05) is 19.0 Å². The predicted octanol–water partition coefficient (Wildman–Crippen LogP) is 3.68. The van der Waals surface area contributed by atoms with Gasteiger partial charge in [-0.15, -0.1) is 0 Å². The van der Waals surface area contributed by atoms with E-state index in [0.29, 0.717) is 24.7 Å². The van der Waals surface area contributed by atoms with Crippen molar-refractivity contribution in [3.8, 4) is 5.75 Å². The van der Waals surface area contributed by atoms with E-state index in [1.54, 1.807) is 13.0 Å². The van der Waals surface area contributed by atoms with E-state index in [1.807, 2.05) is 43.3 Å². The molecule has 0 bridgehead atoms. The van der Waals surface area contributed by atoms with Crippen molar-refractivity contribution in [2.75, 3.05) is 6.54 Å². The van der Waals surface area contributed by atoms with E-state index in [9.17, 15) is 14.7 Å². The van der Waals surface area contributed by atoms with Crippen molar-refractivity contribution in [3.05, 3.63) is 82.7 Å². The zero-order chi connectivity index (χ0) is 24.1. The fourth-order valence-electron chi connectivity index (χ4n) is 3.93. The number of carboxylic acid groups (broad SMARTS) is 1. The smallest absolute Gasteiger partial charge is 0.326 e. The Labute approximate surface area is 198 Å². The molecule has 34 heavy (non-hydrogen) atoms. The highest BCUT2D eigenvalue weighted by Gasteiger charge is 2.40. The topological polar surface area (TPSA) is 102 Å². The van der Waals surface area contributed by atoms with Gasteiger partial charge in [-0.05, 0) is 37.1 Å². The molecule has 1 aromatic heterocycles. The van der Waals surface area contributed by atoms with Gasteiger partial charge in [-0.25, -0.2) is 4.79 Å². The molecule has 1 fully saturated rings. The summed E-state index contributed by atoms with van der Waals surface area (Å²) in [6, 6.07) is 16.6. The maximum absolute atomic E-state index is 12.7. The molecule has 2 atom stereocenters. The summed E-state index contributed by atoms with van der Waals surface area (Å²) < 4.78 is 16.9. The Kier molecular flexibility index (Phi) is 7.27. The van der Waals surface area contributed by atoms with Gasteiger partial charge in [0.1, 0.15) is 24.2 Å². The number of carbonyl (C=O) groups excluding carboxylic acids is 1. The van der Waals surface area contributed by atoms with Crippen LogP contribution in [-0.2, 0) is 34.0 Å². The first-order valence-electron chi connectivity index (χ1n) is 11.2. The van der Waals surface area contributed by atoms with Crippen molar-refractivity contribution in [1.29, 1.82) is 0 Å². The van der Waals surface area contributed by atoms with Gasteiger partial charge in [-0.1, -0.05) is 47.1 Å². The molecule has 8 nitrogen and oxygen atoms in total. The second-order valence-electron chi connectivity index (χ2n) is 8.60. The van der Waals surface area contributed by atoms with Crippen LogP contribution < -0.4 is 4.74 Å². The van der Waals surface area contributed by atoms with Crippen molar-refractivity contribution in [2.24, 2.45) is 0 Å². The average Bonchev–Trinajstić information content (AvgIpc) is 3.44. The van der Waals surface area contributed by atoms with Crippen LogP contribution in [0.5, 0.6) is 5.75 Å². The van der Waals surface area contributed by atoms with Crippen molar-refractivity contribution < 1.29 is 28.7 Å². The van der Waals surface area contributed by atoms with Crippen molar-refractivity contribution in [3.63, 3.8) is 0 Å². The Hall–Kier alpha value is -3.65. The van der Waals surface area contributed by atoms with E-state index in [4.69, 9.17) is 14.0 Å². The second kappa shape index (κ2) is 10.5. The maximum Gasteiger partial charge on any atom is 0.326 e. The number of nitrogens with zero attached hydrogens (tertiary/aromatic N) is 2. The Bertz CT molecular complexity index is 1120. The molecule has 178 valence electrons. The molecule has 4 rings (SSSR count). The van der Waals surface area contributed by atoms with Gasteiger partial charge in [-0.3, -0.25) is 4.79 Å². The summed E-state index contributed by atoms with van der Waals surface area (Å²) in [6.07, 6.45) is -0.144. The number of aryl methyl sites for hydroxylation is 2. The van der Waals surface area contributed by atoms with Crippen LogP contribution in [0.4, 0.5) is 0 Å². The monoisotopic (exact) mass is 464 g/mol. The summed E-state index contributed by atoms with van der Waals surface area (Å²) in [5.41, 5.74) is 3.93. The fourth-order valence-corrected chi connectivity index (χ4v) is 3.93. The molecule has 1 amide bonds. The molecule has 1 saturated heterocycles. The molecule has 0 unspecified atom stereocenters. The number of carbonyl (C=O) groups is 2. The highest BCUT2D eigenvalue weighted by Crippen LogP contribution is 2.24. The minimum absolute atomic E-state index is 0.0264. The molecule has 1 aliphatic heterocycles. The summed E-state index contributed by atoms with van der Waals surface area (Å²) in [5.74, 6) is -0.177. The zero-order valence-corrected chi connectivity index (χ0v) is 19.3. The largest absolute Gasteiger partial charge is 0.489 e. The van der Waals surface area contributed by atoms with Crippen LogP contribution in [0.2, 0.25) is 0 Å². The number of hydrogen-bond donors (Lipinski definition) is 1. The summed E-state index contributed by atoms with van der Waals surface area (Å²) in [6.45, 7) is 4.85. The first-order chi connectivity index (χ1) is 16.4. The Morgan fingerprint density at radius 2 is 1.74 bits per heavy atom. The number of ether oxygens (including phenoxy) is 2. The quantitative estimate of drug-likeness (QED) is 0.515. The predicted molar refractivity (Wildman–Crippen MR) is 123 cm³/mol. The van der Waals surface area contributed by atoms with E-state index >= 15 is 0 Å². The molecule has 2 heterocycles. The number of aliphatic carboxylic acids is 1. The van der Waals surface area contributed by atoms with Crippen LogP contribution in [0.3, 0.4) is 0 Å². The molecule has 0 saturated carbocycles. The van der Waals surface area contributed by atoms with E-state index in [0.717, 1.165) is 16.9 Å². The molecule has 0 radical (unpaired) electrons.